The third kappa shape index (κ3) is 4.07. The molecule has 0 saturated heterocycles. The number of nitrogens with zero attached hydrogens (tertiary/aromatic N) is 1. The van der Waals surface area contributed by atoms with Crippen LogP contribution >= 0.6 is 11.6 Å². The molecule has 0 aliphatic rings. The van der Waals surface area contributed by atoms with E-state index < -0.39 is 11.9 Å². The number of urea groups is 1. The molecule has 26 heavy (non-hydrogen) atoms. The van der Waals surface area contributed by atoms with Crippen LogP contribution < -0.4 is 10.6 Å². The van der Waals surface area contributed by atoms with E-state index in [0.717, 1.165) is 16.7 Å². The Hall–Kier alpha value is -3.18. The Bertz CT molecular complexity index is 958. The quantitative estimate of drug-likeness (QED) is 0.708. The van der Waals surface area contributed by atoms with Crippen LogP contribution in [0, 0.1) is 6.92 Å². The van der Waals surface area contributed by atoms with Gasteiger partial charge in [-0.1, -0.05) is 54.1 Å². The predicted molar refractivity (Wildman–Crippen MR) is 102 cm³/mol. The van der Waals surface area contributed by atoms with E-state index in [1.165, 1.54) is 0 Å². The van der Waals surface area contributed by atoms with E-state index in [0.29, 0.717) is 5.82 Å². The summed E-state index contributed by atoms with van der Waals surface area (Å²) in [5, 5.41) is 5.07. The summed E-state index contributed by atoms with van der Waals surface area (Å²) < 4.78 is 0. The molecule has 2 N–H and O–H groups in total. The molecule has 0 spiro atoms. The largest absolute Gasteiger partial charge is 0.327 e. The van der Waals surface area contributed by atoms with Crippen LogP contribution in [0.4, 0.5) is 10.6 Å². The summed E-state index contributed by atoms with van der Waals surface area (Å²) in [6, 6.07) is 17.4. The number of carbonyl (C=O) groups excluding carboxylic acids is 2. The van der Waals surface area contributed by atoms with Crippen LogP contribution in [0.1, 0.15) is 15.9 Å². The third-order valence-electron chi connectivity index (χ3n) is 3.78. The number of hydrogen-bond acceptors (Lipinski definition) is 3. The van der Waals surface area contributed by atoms with Gasteiger partial charge in [-0.25, -0.2) is 9.78 Å². The molecule has 3 amide bonds. The van der Waals surface area contributed by atoms with Gasteiger partial charge in [0.25, 0.3) is 5.91 Å². The van der Waals surface area contributed by atoms with Gasteiger partial charge in [-0.2, -0.15) is 0 Å². The highest BCUT2D eigenvalue weighted by molar-refractivity contribution is 6.34. The SMILES string of the molecule is Cc1cc(NC(=O)NC(=O)c2ccccc2Cl)ncc1-c1ccccc1. The third-order valence-corrected chi connectivity index (χ3v) is 4.11. The first-order chi connectivity index (χ1) is 12.5. The van der Waals surface area contributed by atoms with Crippen LogP contribution in [0.15, 0.2) is 66.9 Å². The molecule has 130 valence electrons. The molecule has 0 aliphatic heterocycles. The monoisotopic (exact) mass is 365 g/mol. The van der Waals surface area contributed by atoms with Crippen molar-refractivity contribution < 1.29 is 9.59 Å². The van der Waals surface area contributed by atoms with Crippen molar-refractivity contribution in [3.63, 3.8) is 0 Å². The number of aromatic nitrogens is 1. The minimum absolute atomic E-state index is 0.230. The summed E-state index contributed by atoms with van der Waals surface area (Å²) in [5.41, 5.74) is 3.21. The zero-order valence-corrected chi connectivity index (χ0v) is 14.7. The molecule has 6 heteroatoms. The molecule has 3 aromatic rings. The Labute approximate surface area is 156 Å². The normalized spacial score (nSPS) is 10.2. The fourth-order valence-corrected chi connectivity index (χ4v) is 2.73. The maximum absolute atomic E-state index is 12.1. The Morgan fingerprint density at radius 3 is 2.38 bits per heavy atom. The number of halogens is 1. The van der Waals surface area contributed by atoms with Crippen LogP contribution in [-0.4, -0.2) is 16.9 Å². The zero-order valence-electron chi connectivity index (χ0n) is 14.0. The number of hydrogen-bond donors (Lipinski definition) is 2. The molecule has 0 unspecified atom stereocenters. The summed E-state index contributed by atoms with van der Waals surface area (Å²) in [6.07, 6.45) is 1.69. The number of rotatable bonds is 3. The van der Waals surface area contributed by atoms with Crippen molar-refractivity contribution in [3.8, 4) is 11.1 Å². The molecule has 0 saturated carbocycles. The number of carbonyl (C=O) groups is 2. The fraction of sp³-hybridized carbons (Fsp3) is 0.0500. The Kier molecular flexibility index (Phi) is 5.29. The van der Waals surface area contributed by atoms with Gasteiger partial charge in [0.15, 0.2) is 0 Å². The van der Waals surface area contributed by atoms with Gasteiger partial charge in [0, 0.05) is 11.8 Å². The molecular weight excluding hydrogens is 350 g/mol. The number of aryl methyl sites for hydroxylation is 1. The van der Waals surface area contributed by atoms with Crippen LogP contribution in [0.3, 0.4) is 0 Å². The van der Waals surface area contributed by atoms with Crippen LogP contribution in [0.2, 0.25) is 5.02 Å². The second-order valence-corrected chi connectivity index (χ2v) is 6.05. The van der Waals surface area contributed by atoms with E-state index in [4.69, 9.17) is 11.6 Å². The fourth-order valence-electron chi connectivity index (χ4n) is 2.51. The second-order valence-electron chi connectivity index (χ2n) is 5.64. The molecule has 1 aromatic heterocycles. The molecule has 0 aliphatic carbocycles. The average molecular weight is 366 g/mol. The predicted octanol–water partition coefficient (Wildman–Crippen LogP) is 4.67. The number of nitrogens with one attached hydrogen (secondary N) is 2. The van der Waals surface area contributed by atoms with Crippen molar-refractivity contribution in [2.24, 2.45) is 0 Å². The number of imide groups is 1. The van der Waals surface area contributed by atoms with E-state index in [1.54, 1.807) is 36.5 Å². The highest BCUT2D eigenvalue weighted by Gasteiger charge is 2.14. The van der Waals surface area contributed by atoms with Crippen molar-refractivity contribution in [1.82, 2.24) is 10.3 Å². The minimum atomic E-state index is -0.672. The standard InChI is InChI=1S/C20H16ClN3O2/c1-13-11-18(22-12-16(13)14-7-3-2-4-8-14)23-20(26)24-19(25)15-9-5-6-10-17(15)21/h2-12H,1H3,(H2,22,23,24,25,26). The first-order valence-electron chi connectivity index (χ1n) is 7.93. The molecule has 0 fully saturated rings. The molecular formula is C20H16ClN3O2. The Morgan fingerprint density at radius 2 is 1.69 bits per heavy atom. The smallest absolute Gasteiger partial charge is 0.292 e. The lowest BCUT2D eigenvalue weighted by atomic mass is 10.0. The van der Waals surface area contributed by atoms with Crippen molar-refractivity contribution in [3.05, 3.63) is 83.0 Å². The lowest BCUT2D eigenvalue weighted by molar-refractivity contribution is 0.0967. The molecule has 0 radical (unpaired) electrons. The first kappa shape index (κ1) is 17.6. The highest BCUT2D eigenvalue weighted by Crippen LogP contribution is 2.23. The van der Waals surface area contributed by atoms with Crippen molar-refractivity contribution in [2.75, 3.05) is 5.32 Å². The summed E-state index contributed by atoms with van der Waals surface area (Å²) >= 11 is 5.95. The summed E-state index contributed by atoms with van der Waals surface area (Å²) in [5.74, 6) is -0.225. The Morgan fingerprint density at radius 1 is 1.00 bits per heavy atom. The molecule has 3 rings (SSSR count). The second kappa shape index (κ2) is 7.80. The average Bonchev–Trinajstić information content (AvgIpc) is 2.62. The van der Waals surface area contributed by atoms with Crippen molar-refractivity contribution >= 4 is 29.4 Å². The van der Waals surface area contributed by atoms with Gasteiger partial charge >= 0.3 is 6.03 Å². The van der Waals surface area contributed by atoms with E-state index in [-0.39, 0.29) is 10.6 Å². The van der Waals surface area contributed by atoms with E-state index in [2.05, 4.69) is 15.6 Å². The number of pyridine rings is 1. The topological polar surface area (TPSA) is 71.1 Å². The van der Waals surface area contributed by atoms with Gasteiger partial charge < -0.3 is 0 Å². The summed E-state index contributed by atoms with van der Waals surface area (Å²) in [6.45, 7) is 1.93. The summed E-state index contributed by atoms with van der Waals surface area (Å²) in [4.78, 5) is 28.4. The van der Waals surface area contributed by atoms with Gasteiger partial charge in [0.1, 0.15) is 5.82 Å². The van der Waals surface area contributed by atoms with E-state index in [1.807, 2.05) is 37.3 Å². The van der Waals surface area contributed by atoms with Crippen molar-refractivity contribution in [1.29, 1.82) is 0 Å². The van der Waals surface area contributed by atoms with Gasteiger partial charge in [-0.15, -0.1) is 0 Å². The van der Waals surface area contributed by atoms with Gasteiger partial charge in [0.2, 0.25) is 0 Å². The number of benzene rings is 2. The molecule has 2 aromatic carbocycles. The van der Waals surface area contributed by atoms with Crippen LogP contribution in [0.25, 0.3) is 11.1 Å². The summed E-state index contributed by atoms with van der Waals surface area (Å²) in [7, 11) is 0. The molecule has 1 heterocycles. The first-order valence-corrected chi connectivity index (χ1v) is 8.31. The lowest BCUT2D eigenvalue weighted by Crippen LogP contribution is -2.34. The Balaban J connectivity index is 1.69. The maximum atomic E-state index is 12.1. The maximum Gasteiger partial charge on any atom is 0.327 e. The molecule has 0 atom stereocenters. The zero-order chi connectivity index (χ0) is 18.5. The van der Waals surface area contributed by atoms with Crippen molar-refractivity contribution in [2.45, 2.75) is 6.92 Å². The van der Waals surface area contributed by atoms with Gasteiger partial charge in [-0.3, -0.25) is 15.4 Å². The number of anilines is 1. The minimum Gasteiger partial charge on any atom is -0.292 e. The van der Waals surface area contributed by atoms with Crippen LogP contribution in [0.5, 0.6) is 0 Å². The van der Waals surface area contributed by atoms with E-state index in [9.17, 15) is 9.59 Å². The van der Waals surface area contributed by atoms with Gasteiger partial charge in [-0.05, 0) is 36.2 Å². The van der Waals surface area contributed by atoms with E-state index >= 15 is 0 Å². The van der Waals surface area contributed by atoms with Crippen LogP contribution in [-0.2, 0) is 0 Å². The number of amides is 3. The molecule has 0 bridgehead atoms. The lowest BCUT2D eigenvalue weighted by Gasteiger charge is -2.10. The van der Waals surface area contributed by atoms with Gasteiger partial charge in [0.05, 0.1) is 10.6 Å². The highest BCUT2D eigenvalue weighted by atomic mass is 35.5. The molecule has 5 nitrogen and oxygen atoms in total.